The third kappa shape index (κ3) is 8.08. The van der Waals surface area contributed by atoms with Crippen molar-refractivity contribution < 1.29 is 9.84 Å². The number of aryl methyl sites for hydroxylation is 1. The van der Waals surface area contributed by atoms with E-state index in [1.807, 2.05) is 73.0 Å². The number of hydrogen-bond acceptors (Lipinski definition) is 12. The first-order valence-electron chi connectivity index (χ1n) is 16.3. The van der Waals surface area contributed by atoms with Crippen molar-refractivity contribution in [2.45, 2.75) is 33.5 Å². The fourth-order valence-electron chi connectivity index (χ4n) is 5.88. The van der Waals surface area contributed by atoms with E-state index in [-0.39, 0.29) is 0 Å². The van der Waals surface area contributed by atoms with Crippen LogP contribution in [0.15, 0.2) is 72.4 Å². The van der Waals surface area contributed by atoms with E-state index >= 15 is 0 Å². The van der Waals surface area contributed by atoms with Gasteiger partial charge in [0.2, 0.25) is 0 Å². The molecule has 1 fully saturated rings. The Balaban J connectivity index is 1.10. The third-order valence-electron chi connectivity index (χ3n) is 8.52. The summed E-state index contributed by atoms with van der Waals surface area (Å²) in [6.07, 6.45) is 0.447. The highest BCUT2D eigenvalue weighted by molar-refractivity contribution is 7.18. The summed E-state index contributed by atoms with van der Waals surface area (Å²) in [4.78, 5) is 18.5. The summed E-state index contributed by atoms with van der Waals surface area (Å²) in [5.41, 5.74) is 6.52. The van der Waals surface area contributed by atoms with E-state index in [0.29, 0.717) is 47.0 Å². The first-order chi connectivity index (χ1) is 23.4. The lowest BCUT2D eigenvalue weighted by molar-refractivity contribution is 0.121. The minimum atomic E-state index is -1.06. The number of nitrogens with zero attached hydrogens (tertiary/aromatic N) is 5. The van der Waals surface area contributed by atoms with E-state index in [9.17, 15) is 5.11 Å². The Morgan fingerprint density at radius 3 is 2.50 bits per heavy atom. The van der Waals surface area contributed by atoms with Crippen LogP contribution in [0.5, 0.6) is 5.75 Å². The summed E-state index contributed by atoms with van der Waals surface area (Å²) in [5, 5.41) is 31.8. The highest BCUT2D eigenvalue weighted by atomic mass is 32.1. The summed E-state index contributed by atoms with van der Waals surface area (Å²) < 4.78 is 6.86. The van der Waals surface area contributed by atoms with Gasteiger partial charge in [-0.3, -0.25) is 9.88 Å². The number of fused-ring (bicyclic) bond motifs is 1. The van der Waals surface area contributed by atoms with Gasteiger partial charge in [-0.15, -0.1) is 11.3 Å². The fourth-order valence-corrected chi connectivity index (χ4v) is 6.86. The van der Waals surface area contributed by atoms with Crippen molar-refractivity contribution in [1.82, 2.24) is 24.8 Å². The zero-order chi connectivity index (χ0) is 33.5. The molecule has 1 atom stereocenters. The molecule has 48 heavy (non-hydrogen) atoms. The SMILES string of the molecule is CCN1CCN(CCOc2ccc(Nc3ncnc4c(C(O)Nc5cccc(NCc6cccc(C)n6)c5C(C)=N)csc34)cc2)CC1. The lowest BCUT2D eigenvalue weighted by Crippen LogP contribution is -2.47. The Hall–Kier alpha value is -4.62. The van der Waals surface area contributed by atoms with E-state index in [1.54, 1.807) is 6.92 Å². The van der Waals surface area contributed by atoms with Gasteiger partial charge in [-0.05, 0) is 68.9 Å². The second-order valence-corrected chi connectivity index (χ2v) is 12.8. The van der Waals surface area contributed by atoms with E-state index in [0.717, 1.165) is 72.5 Å². The molecule has 2 aromatic carbocycles. The van der Waals surface area contributed by atoms with Crippen LogP contribution in [0.3, 0.4) is 0 Å². The average molecular weight is 666 g/mol. The Bertz CT molecular complexity index is 1840. The molecule has 4 heterocycles. The van der Waals surface area contributed by atoms with Crippen LogP contribution in [0.2, 0.25) is 0 Å². The van der Waals surface area contributed by atoms with Crippen molar-refractivity contribution in [2.24, 2.45) is 0 Å². The average Bonchev–Trinajstić information content (AvgIpc) is 3.54. The van der Waals surface area contributed by atoms with Gasteiger partial charge < -0.3 is 36.1 Å². The molecule has 0 radical (unpaired) electrons. The van der Waals surface area contributed by atoms with Crippen molar-refractivity contribution in [3.05, 3.63) is 94.9 Å². The first-order valence-corrected chi connectivity index (χ1v) is 17.2. The van der Waals surface area contributed by atoms with Gasteiger partial charge in [-0.25, -0.2) is 9.97 Å². The van der Waals surface area contributed by atoms with Gasteiger partial charge in [0, 0.05) is 77.7 Å². The molecule has 0 bridgehead atoms. The summed E-state index contributed by atoms with van der Waals surface area (Å²) in [6.45, 7) is 13.6. The molecule has 5 N–H and O–H groups in total. The molecular weight excluding hydrogens is 623 g/mol. The minimum absolute atomic E-state index is 0.371. The van der Waals surface area contributed by atoms with E-state index < -0.39 is 6.23 Å². The zero-order valence-corrected chi connectivity index (χ0v) is 28.5. The van der Waals surface area contributed by atoms with E-state index in [4.69, 9.17) is 10.1 Å². The highest BCUT2D eigenvalue weighted by Crippen LogP contribution is 2.36. The van der Waals surface area contributed by atoms with Gasteiger partial charge in [-0.1, -0.05) is 19.1 Å². The van der Waals surface area contributed by atoms with Crippen LogP contribution in [0.25, 0.3) is 10.2 Å². The lowest BCUT2D eigenvalue weighted by atomic mass is 10.1. The standard InChI is InChI=1S/C36H43N9O2S/c1-4-44-15-17-45(18-16-44)19-20-47-28-13-11-26(12-14-28)42-35-34-33(39-23-40-35)29(22-48-34)36(46)43-31-10-6-9-30(32(31)25(3)37)38-21-27-8-5-7-24(2)41-27/h5-14,22-23,36-38,43,46H,4,15-21H2,1-3H3,(H,39,40,42). The molecule has 1 saturated heterocycles. The Kier molecular flexibility index (Phi) is 10.8. The van der Waals surface area contributed by atoms with Crippen LogP contribution < -0.4 is 20.7 Å². The number of benzene rings is 2. The zero-order valence-electron chi connectivity index (χ0n) is 27.7. The van der Waals surface area contributed by atoms with Crippen LogP contribution in [0, 0.1) is 12.3 Å². The number of aliphatic hydroxyl groups excluding tert-OH is 1. The molecule has 6 rings (SSSR count). The summed E-state index contributed by atoms with van der Waals surface area (Å²) in [6, 6.07) is 19.5. The number of hydrogen-bond donors (Lipinski definition) is 5. The number of rotatable bonds is 14. The monoisotopic (exact) mass is 665 g/mol. The topological polar surface area (TPSA) is 135 Å². The first kappa shape index (κ1) is 33.3. The molecule has 3 aromatic heterocycles. The maximum Gasteiger partial charge on any atom is 0.153 e. The van der Waals surface area contributed by atoms with E-state index in [2.05, 4.69) is 47.6 Å². The number of piperazine rings is 1. The van der Waals surface area contributed by atoms with Crippen LogP contribution in [-0.4, -0.2) is 81.4 Å². The van der Waals surface area contributed by atoms with Gasteiger partial charge in [0.1, 0.15) is 18.7 Å². The number of aromatic nitrogens is 3. The normalized spacial score (nSPS) is 14.5. The number of anilines is 4. The minimum Gasteiger partial charge on any atom is -0.492 e. The van der Waals surface area contributed by atoms with Gasteiger partial charge in [-0.2, -0.15) is 0 Å². The van der Waals surface area contributed by atoms with Crippen molar-refractivity contribution >= 4 is 50.1 Å². The molecule has 0 amide bonds. The Labute approximate surface area is 285 Å². The molecule has 0 spiro atoms. The maximum atomic E-state index is 11.4. The predicted molar refractivity (Wildman–Crippen MR) is 195 cm³/mol. The summed E-state index contributed by atoms with van der Waals surface area (Å²) in [5.74, 6) is 1.49. The molecule has 0 saturated carbocycles. The van der Waals surface area contributed by atoms with Gasteiger partial charge in [0.05, 0.1) is 22.5 Å². The number of pyridine rings is 1. The van der Waals surface area contributed by atoms with Crippen molar-refractivity contribution in [3.63, 3.8) is 0 Å². The maximum absolute atomic E-state index is 11.4. The highest BCUT2D eigenvalue weighted by Gasteiger charge is 2.20. The second kappa shape index (κ2) is 15.5. The van der Waals surface area contributed by atoms with Crippen LogP contribution in [0.4, 0.5) is 22.9 Å². The van der Waals surface area contributed by atoms with E-state index in [1.165, 1.54) is 17.7 Å². The fraction of sp³-hybridized carbons (Fsp3) is 0.333. The molecule has 1 aliphatic heterocycles. The van der Waals surface area contributed by atoms with Crippen LogP contribution in [-0.2, 0) is 6.54 Å². The number of nitrogens with one attached hydrogen (secondary N) is 4. The number of aliphatic hydroxyl groups is 1. The number of thiophene rings is 1. The molecular formula is C36H43N9O2S. The summed E-state index contributed by atoms with van der Waals surface area (Å²) in [7, 11) is 0. The van der Waals surface area contributed by atoms with Gasteiger partial charge >= 0.3 is 0 Å². The van der Waals surface area contributed by atoms with Crippen molar-refractivity contribution in [2.75, 3.05) is 61.8 Å². The molecule has 12 heteroatoms. The largest absolute Gasteiger partial charge is 0.492 e. The molecule has 5 aromatic rings. The molecule has 250 valence electrons. The third-order valence-corrected chi connectivity index (χ3v) is 9.51. The predicted octanol–water partition coefficient (Wildman–Crippen LogP) is 6.26. The van der Waals surface area contributed by atoms with Crippen molar-refractivity contribution in [1.29, 1.82) is 5.41 Å². The molecule has 11 nitrogen and oxygen atoms in total. The summed E-state index contributed by atoms with van der Waals surface area (Å²) >= 11 is 1.47. The smallest absolute Gasteiger partial charge is 0.153 e. The second-order valence-electron chi connectivity index (χ2n) is 11.9. The van der Waals surface area contributed by atoms with Crippen LogP contribution in [0.1, 0.15) is 42.6 Å². The number of ether oxygens (including phenoxy) is 1. The molecule has 1 aliphatic rings. The quantitative estimate of drug-likeness (QED) is 0.0684. The molecule has 0 aliphatic carbocycles. The van der Waals surface area contributed by atoms with Crippen LogP contribution >= 0.6 is 11.3 Å². The lowest BCUT2D eigenvalue weighted by Gasteiger charge is -2.33. The Morgan fingerprint density at radius 1 is 1.00 bits per heavy atom. The van der Waals surface area contributed by atoms with Gasteiger partial charge in [0.15, 0.2) is 12.0 Å². The molecule has 1 unspecified atom stereocenters. The van der Waals surface area contributed by atoms with Gasteiger partial charge in [0.25, 0.3) is 0 Å². The Morgan fingerprint density at radius 2 is 1.75 bits per heavy atom. The number of likely N-dealkylation sites (N-methyl/N-ethyl adjacent to an activating group) is 1. The van der Waals surface area contributed by atoms with Crippen molar-refractivity contribution in [3.8, 4) is 5.75 Å².